The minimum absolute atomic E-state index is 0.0463. The lowest BCUT2D eigenvalue weighted by molar-refractivity contribution is -0.123. The second kappa shape index (κ2) is 17.8. The summed E-state index contributed by atoms with van der Waals surface area (Å²) in [6, 6.07) is 7.12. The summed E-state index contributed by atoms with van der Waals surface area (Å²) < 4.78 is 0. The lowest BCUT2D eigenvalue weighted by Gasteiger charge is -2.19. The van der Waals surface area contributed by atoms with Gasteiger partial charge in [-0.1, -0.05) is 12.8 Å². The van der Waals surface area contributed by atoms with E-state index in [9.17, 15) is 28.8 Å². The molecule has 0 aromatic heterocycles. The first-order valence-electron chi connectivity index (χ1n) is 15.5. The standard InChI is InChI=1S/C32H44N8O6/c33-11-3-1-5-25(35)31(45)39-15-13-37-29(43)19-7-9-21-23(17-19)28(42)24-18-20(8-10-22(24)27(21)41)30(44)38-14-16-40-32(46)26(36)6-2-4-12-34/h7-10,17-18,25-26H,1-6,11-16,33-36H2,(H,37,43)(H,38,44)(H,39,45)(H,40,46)/t25-,26-/m0/s1. The van der Waals surface area contributed by atoms with Crippen LogP contribution >= 0.6 is 0 Å². The highest BCUT2D eigenvalue weighted by Crippen LogP contribution is 2.29. The molecule has 0 aliphatic heterocycles. The zero-order chi connectivity index (χ0) is 33.6. The average molecular weight is 637 g/mol. The number of benzene rings is 2. The molecule has 0 bridgehead atoms. The molecule has 14 heteroatoms. The second-order valence-corrected chi connectivity index (χ2v) is 11.1. The Morgan fingerprint density at radius 2 is 0.913 bits per heavy atom. The van der Waals surface area contributed by atoms with Crippen LogP contribution in [-0.4, -0.2) is 86.5 Å². The third-order valence-corrected chi connectivity index (χ3v) is 7.57. The molecule has 1 aliphatic carbocycles. The maximum atomic E-state index is 13.4. The second-order valence-electron chi connectivity index (χ2n) is 11.1. The molecule has 0 heterocycles. The van der Waals surface area contributed by atoms with Crippen molar-refractivity contribution >= 4 is 35.2 Å². The number of hydrogen-bond acceptors (Lipinski definition) is 10. The number of carbonyl (C=O) groups is 6. The first-order valence-corrected chi connectivity index (χ1v) is 15.5. The first kappa shape index (κ1) is 36.0. The van der Waals surface area contributed by atoms with E-state index >= 15 is 0 Å². The monoisotopic (exact) mass is 636 g/mol. The largest absolute Gasteiger partial charge is 0.353 e. The minimum Gasteiger partial charge on any atom is -0.353 e. The van der Waals surface area contributed by atoms with Crippen LogP contribution in [0.15, 0.2) is 36.4 Å². The van der Waals surface area contributed by atoms with Crippen LogP contribution in [0.1, 0.15) is 91.1 Å². The topological polar surface area (TPSA) is 255 Å². The van der Waals surface area contributed by atoms with Gasteiger partial charge < -0.3 is 44.2 Å². The van der Waals surface area contributed by atoms with Gasteiger partial charge in [-0.05, 0) is 75.2 Å². The lowest BCUT2D eigenvalue weighted by atomic mass is 9.82. The number of unbranched alkanes of at least 4 members (excludes halogenated alkanes) is 2. The number of hydrogen-bond donors (Lipinski definition) is 8. The van der Waals surface area contributed by atoms with Crippen molar-refractivity contribution in [3.05, 3.63) is 69.8 Å². The predicted octanol–water partition coefficient (Wildman–Crippen LogP) is -0.933. The SMILES string of the molecule is NCCCC[C@H](N)C(=O)NCCNC(=O)c1ccc2c(c1)C(=O)c1cc(C(=O)NCCNC(=O)[C@@H](N)CCCCN)ccc1C2=O. The summed E-state index contributed by atoms with van der Waals surface area (Å²) in [7, 11) is 0. The van der Waals surface area contributed by atoms with E-state index in [4.69, 9.17) is 22.9 Å². The lowest BCUT2D eigenvalue weighted by Crippen LogP contribution is -2.43. The van der Waals surface area contributed by atoms with Gasteiger partial charge in [0.05, 0.1) is 12.1 Å². The van der Waals surface area contributed by atoms with E-state index in [-0.39, 0.29) is 71.4 Å². The molecule has 248 valence electrons. The van der Waals surface area contributed by atoms with Crippen LogP contribution in [0.25, 0.3) is 0 Å². The number of carbonyl (C=O) groups excluding carboxylic acids is 6. The molecule has 2 atom stereocenters. The summed E-state index contributed by atoms with van der Waals surface area (Å²) in [5.74, 6) is -2.53. The zero-order valence-electron chi connectivity index (χ0n) is 25.9. The van der Waals surface area contributed by atoms with Crippen LogP contribution in [0.4, 0.5) is 0 Å². The predicted molar refractivity (Wildman–Crippen MR) is 172 cm³/mol. The number of rotatable bonds is 18. The van der Waals surface area contributed by atoms with E-state index in [1.807, 2.05) is 0 Å². The molecule has 0 fully saturated rings. The van der Waals surface area contributed by atoms with Crippen LogP contribution in [0.5, 0.6) is 0 Å². The van der Waals surface area contributed by atoms with Crippen LogP contribution in [-0.2, 0) is 9.59 Å². The highest BCUT2D eigenvalue weighted by atomic mass is 16.2. The van der Waals surface area contributed by atoms with Gasteiger partial charge in [-0.15, -0.1) is 0 Å². The summed E-state index contributed by atoms with van der Waals surface area (Å²) >= 11 is 0. The first-order chi connectivity index (χ1) is 22.1. The molecule has 0 unspecified atom stereocenters. The van der Waals surface area contributed by atoms with Crippen molar-refractivity contribution in [3.63, 3.8) is 0 Å². The van der Waals surface area contributed by atoms with E-state index in [0.29, 0.717) is 25.9 Å². The normalized spacial score (nSPS) is 13.2. The molecule has 2 aromatic carbocycles. The van der Waals surface area contributed by atoms with Gasteiger partial charge in [0.25, 0.3) is 11.8 Å². The molecule has 3 rings (SSSR count). The third-order valence-electron chi connectivity index (χ3n) is 7.57. The molecule has 0 saturated heterocycles. The van der Waals surface area contributed by atoms with Crippen molar-refractivity contribution in [2.75, 3.05) is 39.3 Å². The number of ketones is 2. The molecule has 1 aliphatic rings. The molecular weight excluding hydrogens is 592 g/mol. The molecule has 4 amide bonds. The van der Waals surface area contributed by atoms with Crippen LogP contribution in [0, 0.1) is 0 Å². The Morgan fingerprint density at radius 1 is 0.543 bits per heavy atom. The molecule has 46 heavy (non-hydrogen) atoms. The van der Waals surface area contributed by atoms with Crippen LogP contribution in [0.2, 0.25) is 0 Å². The summed E-state index contributed by atoms with van der Waals surface area (Å²) in [6.45, 7) is 1.62. The molecule has 0 spiro atoms. The number of amides is 4. The summed E-state index contributed by atoms with van der Waals surface area (Å²) in [5, 5.41) is 10.7. The van der Waals surface area contributed by atoms with Gasteiger partial charge in [-0.25, -0.2) is 0 Å². The van der Waals surface area contributed by atoms with Crippen molar-refractivity contribution in [1.82, 2.24) is 21.3 Å². The van der Waals surface area contributed by atoms with Crippen molar-refractivity contribution < 1.29 is 28.8 Å². The number of nitrogens with two attached hydrogens (primary N) is 4. The van der Waals surface area contributed by atoms with Crippen molar-refractivity contribution in [2.45, 2.75) is 50.6 Å². The fourth-order valence-electron chi connectivity index (χ4n) is 4.90. The Hall–Kier alpha value is -4.50. The number of fused-ring (bicyclic) bond motifs is 2. The fraction of sp³-hybridized carbons (Fsp3) is 0.438. The summed E-state index contributed by atoms with van der Waals surface area (Å²) in [4.78, 5) is 76.4. The maximum absolute atomic E-state index is 13.4. The third kappa shape index (κ3) is 9.75. The van der Waals surface area contributed by atoms with Crippen molar-refractivity contribution in [2.24, 2.45) is 22.9 Å². The Labute approximate surface area is 267 Å². The van der Waals surface area contributed by atoms with E-state index in [2.05, 4.69) is 21.3 Å². The Balaban J connectivity index is 1.56. The zero-order valence-corrected chi connectivity index (χ0v) is 25.9. The van der Waals surface area contributed by atoms with Gasteiger partial charge in [-0.2, -0.15) is 0 Å². The van der Waals surface area contributed by atoms with Gasteiger partial charge in [0.2, 0.25) is 11.8 Å². The minimum atomic E-state index is -0.658. The van der Waals surface area contributed by atoms with Crippen molar-refractivity contribution in [3.8, 4) is 0 Å². The molecule has 0 saturated carbocycles. The molecule has 0 radical (unpaired) electrons. The Kier molecular flexibility index (Phi) is 14.0. The van der Waals surface area contributed by atoms with Crippen molar-refractivity contribution in [1.29, 1.82) is 0 Å². The Bertz CT molecular complexity index is 1340. The summed E-state index contributed by atoms with van der Waals surface area (Å²) in [5.41, 5.74) is 23.3. The molecular formula is C32H44N8O6. The molecule has 2 aromatic rings. The fourth-order valence-corrected chi connectivity index (χ4v) is 4.90. The quantitative estimate of drug-likeness (QED) is 0.0796. The highest BCUT2D eigenvalue weighted by Gasteiger charge is 2.31. The van der Waals surface area contributed by atoms with Gasteiger partial charge in [0.1, 0.15) is 0 Å². The van der Waals surface area contributed by atoms with E-state index in [0.717, 1.165) is 25.7 Å². The highest BCUT2D eigenvalue weighted by molar-refractivity contribution is 6.29. The van der Waals surface area contributed by atoms with Gasteiger partial charge >= 0.3 is 0 Å². The maximum Gasteiger partial charge on any atom is 0.251 e. The molecule has 14 nitrogen and oxygen atoms in total. The smallest absolute Gasteiger partial charge is 0.251 e. The van der Waals surface area contributed by atoms with Gasteiger partial charge in [-0.3, -0.25) is 28.8 Å². The van der Waals surface area contributed by atoms with Crippen LogP contribution in [0.3, 0.4) is 0 Å². The number of nitrogens with one attached hydrogen (secondary N) is 4. The average Bonchev–Trinajstić information content (AvgIpc) is 3.06. The molecule has 12 N–H and O–H groups in total. The van der Waals surface area contributed by atoms with Gasteiger partial charge in [0.15, 0.2) is 11.6 Å². The summed E-state index contributed by atoms with van der Waals surface area (Å²) in [6.07, 6.45) is 4.07. The van der Waals surface area contributed by atoms with E-state index in [1.54, 1.807) is 0 Å². The van der Waals surface area contributed by atoms with Gasteiger partial charge in [0, 0.05) is 59.6 Å². The van der Waals surface area contributed by atoms with E-state index < -0.39 is 35.5 Å². The Morgan fingerprint density at radius 3 is 1.30 bits per heavy atom. The van der Waals surface area contributed by atoms with Crippen LogP contribution < -0.4 is 44.2 Å². The van der Waals surface area contributed by atoms with E-state index in [1.165, 1.54) is 36.4 Å².